The predicted molar refractivity (Wildman–Crippen MR) is 122 cm³/mol. The van der Waals surface area contributed by atoms with E-state index >= 15 is 0 Å². The van der Waals surface area contributed by atoms with E-state index in [0.29, 0.717) is 23.6 Å². The van der Waals surface area contributed by atoms with Crippen LogP contribution in [0.1, 0.15) is 49.0 Å². The molecule has 7 heteroatoms. The summed E-state index contributed by atoms with van der Waals surface area (Å²) in [4.78, 5) is 37.1. The fourth-order valence-corrected chi connectivity index (χ4v) is 3.28. The van der Waals surface area contributed by atoms with Gasteiger partial charge in [-0.25, -0.2) is 0 Å². The zero-order valence-electron chi connectivity index (χ0n) is 17.8. The van der Waals surface area contributed by atoms with Crippen molar-refractivity contribution in [1.82, 2.24) is 10.6 Å². The Balaban J connectivity index is 1.55. The fraction of sp³-hybridized carbons (Fsp3) is 0.375. The first kappa shape index (κ1) is 22.8. The molecular weight excluding hydrogens is 414 g/mol. The van der Waals surface area contributed by atoms with Gasteiger partial charge in [-0.15, -0.1) is 0 Å². The van der Waals surface area contributed by atoms with Crippen molar-refractivity contribution < 1.29 is 14.4 Å². The van der Waals surface area contributed by atoms with Gasteiger partial charge in [0.25, 0.3) is 5.91 Å². The molecular formula is C24H28ClN3O3. The van der Waals surface area contributed by atoms with E-state index in [0.717, 1.165) is 24.1 Å². The molecule has 1 aliphatic rings. The van der Waals surface area contributed by atoms with Gasteiger partial charge in [-0.3, -0.25) is 14.4 Å². The lowest BCUT2D eigenvalue weighted by molar-refractivity contribution is -0.123. The van der Waals surface area contributed by atoms with Crippen molar-refractivity contribution >= 4 is 35.0 Å². The van der Waals surface area contributed by atoms with E-state index in [1.165, 1.54) is 0 Å². The third-order valence-corrected chi connectivity index (χ3v) is 5.32. The molecule has 1 fully saturated rings. The summed E-state index contributed by atoms with van der Waals surface area (Å²) in [7, 11) is 0. The highest BCUT2D eigenvalue weighted by Gasteiger charge is 2.29. The van der Waals surface area contributed by atoms with Gasteiger partial charge in [0.2, 0.25) is 11.8 Å². The van der Waals surface area contributed by atoms with Gasteiger partial charge in [-0.2, -0.15) is 0 Å². The Morgan fingerprint density at radius 3 is 2.23 bits per heavy atom. The van der Waals surface area contributed by atoms with Gasteiger partial charge in [-0.1, -0.05) is 37.6 Å². The number of hydrogen-bond donors (Lipinski definition) is 3. The third-order valence-electron chi connectivity index (χ3n) is 5.07. The maximum atomic E-state index is 12.8. The predicted octanol–water partition coefficient (Wildman–Crippen LogP) is 4.15. The Bertz CT molecular complexity index is 922. The second-order valence-electron chi connectivity index (χ2n) is 8.34. The molecule has 1 saturated carbocycles. The zero-order valence-corrected chi connectivity index (χ0v) is 18.5. The molecule has 1 atom stereocenters. The SMILES string of the molecule is CC(C)C[C@H](NC(=O)c1ccc(Cl)cc1)C(=O)NCc1ccc(NC(=O)C2CC2)cc1. The molecule has 3 rings (SSSR count). The Hall–Kier alpha value is -2.86. The highest BCUT2D eigenvalue weighted by molar-refractivity contribution is 6.30. The van der Waals surface area contributed by atoms with Crippen molar-refractivity contribution in [3.8, 4) is 0 Å². The number of amides is 3. The molecule has 0 unspecified atom stereocenters. The minimum Gasteiger partial charge on any atom is -0.350 e. The van der Waals surface area contributed by atoms with Crippen LogP contribution in [0.2, 0.25) is 5.02 Å². The first-order valence-electron chi connectivity index (χ1n) is 10.6. The smallest absolute Gasteiger partial charge is 0.251 e. The number of carbonyl (C=O) groups is 3. The molecule has 0 radical (unpaired) electrons. The van der Waals surface area contributed by atoms with Crippen LogP contribution in [-0.4, -0.2) is 23.8 Å². The molecule has 1 aliphatic carbocycles. The Morgan fingerprint density at radius 1 is 1.00 bits per heavy atom. The van der Waals surface area contributed by atoms with Gasteiger partial charge in [0, 0.05) is 28.7 Å². The highest BCUT2D eigenvalue weighted by Crippen LogP contribution is 2.30. The fourth-order valence-electron chi connectivity index (χ4n) is 3.15. The minimum absolute atomic E-state index is 0.0639. The molecule has 164 valence electrons. The van der Waals surface area contributed by atoms with Crippen LogP contribution in [-0.2, 0) is 16.1 Å². The Kier molecular flexibility index (Phi) is 7.69. The molecule has 0 bridgehead atoms. The van der Waals surface area contributed by atoms with Crippen molar-refractivity contribution in [3.63, 3.8) is 0 Å². The van der Waals surface area contributed by atoms with Gasteiger partial charge in [0.05, 0.1) is 0 Å². The Morgan fingerprint density at radius 2 is 1.65 bits per heavy atom. The van der Waals surface area contributed by atoms with Crippen LogP contribution in [0.3, 0.4) is 0 Å². The van der Waals surface area contributed by atoms with Gasteiger partial charge in [-0.05, 0) is 67.1 Å². The first-order chi connectivity index (χ1) is 14.8. The lowest BCUT2D eigenvalue weighted by atomic mass is 10.0. The summed E-state index contributed by atoms with van der Waals surface area (Å²) >= 11 is 5.88. The summed E-state index contributed by atoms with van der Waals surface area (Å²) in [6.07, 6.45) is 2.45. The van der Waals surface area contributed by atoms with E-state index in [-0.39, 0.29) is 29.6 Å². The lowest BCUT2D eigenvalue weighted by Crippen LogP contribution is -2.47. The summed E-state index contributed by atoms with van der Waals surface area (Å²) in [5.41, 5.74) is 2.11. The molecule has 2 aromatic rings. The van der Waals surface area contributed by atoms with E-state index < -0.39 is 6.04 Å². The number of nitrogens with one attached hydrogen (secondary N) is 3. The summed E-state index contributed by atoms with van der Waals surface area (Å²) in [5.74, 6) is -0.0973. The van der Waals surface area contributed by atoms with Crippen LogP contribution in [0.15, 0.2) is 48.5 Å². The normalized spacial score (nSPS) is 14.1. The van der Waals surface area contributed by atoms with Crippen LogP contribution in [0.25, 0.3) is 0 Å². The Labute approximate surface area is 187 Å². The molecule has 0 aliphatic heterocycles. The quantitative estimate of drug-likeness (QED) is 0.546. The second-order valence-corrected chi connectivity index (χ2v) is 8.78. The third kappa shape index (κ3) is 7.10. The summed E-state index contributed by atoms with van der Waals surface area (Å²) < 4.78 is 0. The lowest BCUT2D eigenvalue weighted by Gasteiger charge is -2.20. The molecule has 3 N–H and O–H groups in total. The molecule has 3 amide bonds. The van der Waals surface area contributed by atoms with Crippen LogP contribution < -0.4 is 16.0 Å². The highest BCUT2D eigenvalue weighted by atomic mass is 35.5. The zero-order chi connectivity index (χ0) is 22.4. The van der Waals surface area contributed by atoms with Crippen LogP contribution >= 0.6 is 11.6 Å². The number of carbonyl (C=O) groups excluding carboxylic acids is 3. The standard InChI is InChI=1S/C24H28ClN3O3/c1-15(2)13-21(28-23(30)18-7-9-19(25)10-8-18)24(31)26-14-16-3-11-20(12-4-16)27-22(29)17-5-6-17/h3-4,7-12,15,17,21H,5-6,13-14H2,1-2H3,(H,26,31)(H,27,29)(H,28,30)/t21-/m0/s1. The maximum absolute atomic E-state index is 12.8. The number of rotatable bonds is 9. The average Bonchev–Trinajstić information content (AvgIpc) is 3.58. The second kappa shape index (κ2) is 10.4. The average molecular weight is 442 g/mol. The number of halogens is 1. The molecule has 0 heterocycles. The molecule has 6 nitrogen and oxygen atoms in total. The van der Waals surface area contributed by atoms with Gasteiger partial charge in [0.1, 0.15) is 6.04 Å². The minimum atomic E-state index is -0.639. The van der Waals surface area contributed by atoms with Crippen molar-refractivity contribution in [2.75, 3.05) is 5.32 Å². The topological polar surface area (TPSA) is 87.3 Å². The molecule has 31 heavy (non-hydrogen) atoms. The molecule has 0 saturated heterocycles. The van der Waals surface area contributed by atoms with E-state index in [1.807, 2.05) is 38.1 Å². The monoisotopic (exact) mass is 441 g/mol. The van der Waals surface area contributed by atoms with Gasteiger partial charge >= 0.3 is 0 Å². The number of hydrogen-bond acceptors (Lipinski definition) is 3. The summed E-state index contributed by atoms with van der Waals surface area (Å²) in [5, 5.41) is 9.16. The van der Waals surface area contributed by atoms with E-state index in [1.54, 1.807) is 24.3 Å². The van der Waals surface area contributed by atoms with Gasteiger partial charge in [0.15, 0.2) is 0 Å². The van der Waals surface area contributed by atoms with E-state index in [4.69, 9.17) is 11.6 Å². The van der Waals surface area contributed by atoms with E-state index in [2.05, 4.69) is 16.0 Å². The van der Waals surface area contributed by atoms with Crippen molar-refractivity contribution in [3.05, 3.63) is 64.7 Å². The molecule has 0 aromatic heterocycles. The van der Waals surface area contributed by atoms with Crippen LogP contribution in [0.4, 0.5) is 5.69 Å². The number of anilines is 1. The van der Waals surface area contributed by atoms with Crippen LogP contribution in [0, 0.1) is 11.8 Å². The summed E-state index contributed by atoms with van der Waals surface area (Å²) in [6.45, 7) is 4.34. The van der Waals surface area contributed by atoms with Crippen molar-refractivity contribution in [2.24, 2.45) is 11.8 Å². The van der Waals surface area contributed by atoms with Gasteiger partial charge < -0.3 is 16.0 Å². The number of benzene rings is 2. The summed E-state index contributed by atoms with van der Waals surface area (Å²) in [6, 6.07) is 13.3. The maximum Gasteiger partial charge on any atom is 0.251 e. The first-order valence-corrected chi connectivity index (χ1v) is 10.9. The molecule has 0 spiro atoms. The van der Waals surface area contributed by atoms with Crippen molar-refractivity contribution in [2.45, 2.75) is 45.7 Å². The van der Waals surface area contributed by atoms with E-state index in [9.17, 15) is 14.4 Å². The van der Waals surface area contributed by atoms with Crippen LogP contribution in [0.5, 0.6) is 0 Å². The molecule has 2 aromatic carbocycles. The van der Waals surface area contributed by atoms with Crippen molar-refractivity contribution in [1.29, 1.82) is 0 Å². The largest absolute Gasteiger partial charge is 0.350 e.